The molecule has 1 N–H and O–H groups in total. The summed E-state index contributed by atoms with van der Waals surface area (Å²) in [5, 5.41) is 9.14. The Morgan fingerprint density at radius 3 is 2.62 bits per heavy atom. The van der Waals surface area contributed by atoms with Crippen LogP contribution < -0.4 is 4.74 Å². The molecule has 0 amide bonds. The molecule has 2 heteroatoms. The first-order valence-electron chi connectivity index (χ1n) is 6.09. The Balaban J connectivity index is 2.96. The van der Waals surface area contributed by atoms with Crippen molar-refractivity contribution in [3.05, 3.63) is 29.3 Å². The summed E-state index contributed by atoms with van der Waals surface area (Å²) < 4.78 is 5.64. The first kappa shape index (κ1) is 13.0. The average Bonchev–Trinajstić information content (AvgIpc) is 2.31. The van der Waals surface area contributed by atoms with Gasteiger partial charge in [0.15, 0.2) is 0 Å². The molecule has 0 aliphatic carbocycles. The van der Waals surface area contributed by atoms with Crippen molar-refractivity contribution in [1.29, 1.82) is 0 Å². The van der Waals surface area contributed by atoms with Gasteiger partial charge in [0.05, 0.1) is 6.61 Å². The molecule has 0 spiro atoms. The number of aryl methyl sites for hydroxylation is 1. The van der Waals surface area contributed by atoms with E-state index in [2.05, 4.69) is 25.1 Å². The minimum atomic E-state index is 0.176. The van der Waals surface area contributed by atoms with Crippen LogP contribution in [0.25, 0.3) is 0 Å². The molecule has 0 bridgehead atoms. The Kier molecular flexibility index (Phi) is 5.33. The topological polar surface area (TPSA) is 29.5 Å². The summed E-state index contributed by atoms with van der Waals surface area (Å²) in [4.78, 5) is 0. The van der Waals surface area contributed by atoms with Crippen LogP contribution in [0.1, 0.15) is 44.2 Å². The zero-order chi connectivity index (χ0) is 12.0. The van der Waals surface area contributed by atoms with E-state index in [0.29, 0.717) is 6.61 Å². The van der Waals surface area contributed by atoms with Crippen molar-refractivity contribution in [3.8, 4) is 5.75 Å². The molecule has 0 heterocycles. The predicted octanol–water partition coefficient (Wildman–Crippen LogP) is 3.13. The molecular weight excluding hydrogens is 200 g/mol. The van der Waals surface area contributed by atoms with E-state index >= 15 is 0 Å². The molecule has 1 unspecified atom stereocenters. The van der Waals surface area contributed by atoms with E-state index in [1.54, 1.807) is 0 Å². The highest BCUT2D eigenvalue weighted by Gasteiger charge is 2.08. The molecule has 0 saturated carbocycles. The summed E-state index contributed by atoms with van der Waals surface area (Å²) in [6, 6.07) is 6.28. The van der Waals surface area contributed by atoms with E-state index in [1.807, 2.05) is 13.8 Å². The summed E-state index contributed by atoms with van der Waals surface area (Å²) in [5.41, 5.74) is 2.41. The molecule has 0 aliphatic rings. The molecule has 0 aromatic heterocycles. The number of rotatable bonds is 6. The monoisotopic (exact) mass is 222 g/mol. The molecule has 0 fully saturated rings. The highest BCUT2D eigenvalue weighted by Crippen LogP contribution is 2.26. The van der Waals surface area contributed by atoms with Crippen molar-refractivity contribution in [1.82, 2.24) is 0 Å². The molecule has 90 valence electrons. The Hall–Kier alpha value is -1.02. The van der Waals surface area contributed by atoms with Crippen LogP contribution in [0.2, 0.25) is 0 Å². The number of aliphatic hydroxyl groups excluding tert-OH is 1. The maximum absolute atomic E-state index is 9.14. The zero-order valence-electron chi connectivity index (χ0n) is 10.5. The second-order valence-electron chi connectivity index (χ2n) is 4.13. The van der Waals surface area contributed by atoms with Gasteiger partial charge in [-0.25, -0.2) is 0 Å². The normalized spacial score (nSPS) is 12.5. The second-order valence-corrected chi connectivity index (χ2v) is 4.13. The molecule has 1 aromatic carbocycles. The second kappa shape index (κ2) is 6.54. The van der Waals surface area contributed by atoms with Gasteiger partial charge < -0.3 is 9.84 Å². The number of aliphatic hydroxyl groups is 1. The third kappa shape index (κ3) is 3.24. The van der Waals surface area contributed by atoms with Crippen LogP contribution in [-0.2, 0) is 6.42 Å². The lowest BCUT2D eigenvalue weighted by molar-refractivity contribution is 0.272. The Bertz CT molecular complexity index is 321. The first-order valence-corrected chi connectivity index (χ1v) is 6.09. The minimum absolute atomic E-state index is 0.176. The van der Waals surface area contributed by atoms with E-state index < -0.39 is 0 Å². The van der Waals surface area contributed by atoms with E-state index in [0.717, 1.165) is 24.2 Å². The summed E-state index contributed by atoms with van der Waals surface area (Å²) in [6.45, 7) is 7.05. The average molecular weight is 222 g/mol. The van der Waals surface area contributed by atoms with Gasteiger partial charge in [-0.05, 0) is 30.5 Å². The van der Waals surface area contributed by atoms with Crippen molar-refractivity contribution in [2.24, 2.45) is 0 Å². The van der Waals surface area contributed by atoms with Crippen LogP contribution >= 0.6 is 0 Å². The smallest absolute Gasteiger partial charge is 0.122 e. The maximum atomic E-state index is 9.14. The van der Waals surface area contributed by atoms with E-state index in [1.165, 1.54) is 5.56 Å². The van der Waals surface area contributed by atoms with Crippen molar-refractivity contribution in [3.63, 3.8) is 0 Å². The van der Waals surface area contributed by atoms with Gasteiger partial charge in [0.25, 0.3) is 0 Å². The SMILES string of the molecule is CCCc1ccc(C(C)CO)cc1OCC. The molecule has 0 radical (unpaired) electrons. The van der Waals surface area contributed by atoms with Crippen molar-refractivity contribution in [2.45, 2.75) is 39.5 Å². The fraction of sp³-hybridized carbons (Fsp3) is 0.571. The van der Waals surface area contributed by atoms with Crippen LogP contribution in [0, 0.1) is 0 Å². The molecule has 0 saturated heterocycles. The third-order valence-corrected chi connectivity index (χ3v) is 2.75. The van der Waals surface area contributed by atoms with Gasteiger partial charge >= 0.3 is 0 Å². The molecule has 2 nitrogen and oxygen atoms in total. The molecule has 0 aliphatic heterocycles. The van der Waals surface area contributed by atoms with Gasteiger partial charge in [0.2, 0.25) is 0 Å². The summed E-state index contributed by atoms with van der Waals surface area (Å²) in [5.74, 6) is 1.15. The predicted molar refractivity (Wildman–Crippen MR) is 67.1 cm³/mol. The number of benzene rings is 1. The highest BCUT2D eigenvalue weighted by atomic mass is 16.5. The third-order valence-electron chi connectivity index (χ3n) is 2.75. The van der Waals surface area contributed by atoms with Crippen LogP contribution in [0.15, 0.2) is 18.2 Å². The lowest BCUT2D eigenvalue weighted by atomic mass is 9.98. The van der Waals surface area contributed by atoms with Crippen LogP contribution in [0.4, 0.5) is 0 Å². The molecule has 1 rings (SSSR count). The van der Waals surface area contributed by atoms with Crippen LogP contribution in [-0.4, -0.2) is 18.3 Å². The Labute approximate surface area is 98.3 Å². The minimum Gasteiger partial charge on any atom is -0.494 e. The number of hydrogen-bond donors (Lipinski definition) is 1. The van der Waals surface area contributed by atoms with E-state index in [4.69, 9.17) is 9.84 Å². The number of ether oxygens (including phenoxy) is 1. The van der Waals surface area contributed by atoms with Crippen molar-refractivity contribution in [2.75, 3.05) is 13.2 Å². The largest absolute Gasteiger partial charge is 0.494 e. The Morgan fingerprint density at radius 2 is 2.06 bits per heavy atom. The van der Waals surface area contributed by atoms with Crippen LogP contribution in [0.5, 0.6) is 5.75 Å². The molecule has 16 heavy (non-hydrogen) atoms. The van der Waals surface area contributed by atoms with Gasteiger partial charge in [0.1, 0.15) is 5.75 Å². The lowest BCUT2D eigenvalue weighted by Gasteiger charge is -2.14. The van der Waals surface area contributed by atoms with Gasteiger partial charge in [-0.2, -0.15) is 0 Å². The molecule has 1 atom stereocenters. The maximum Gasteiger partial charge on any atom is 0.122 e. The molecular formula is C14H22O2. The fourth-order valence-corrected chi connectivity index (χ4v) is 1.75. The zero-order valence-corrected chi connectivity index (χ0v) is 10.5. The van der Waals surface area contributed by atoms with Gasteiger partial charge in [-0.15, -0.1) is 0 Å². The summed E-state index contributed by atoms with van der Waals surface area (Å²) >= 11 is 0. The van der Waals surface area contributed by atoms with Gasteiger partial charge in [0, 0.05) is 12.5 Å². The fourth-order valence-electron chi connectivity index (χ4n) is 1.75. The molecule has 1 aromatic rings. The van der Waals surface area contributed by atoms with Crippen molar-refractivity contribution < 1.29 is 9.84 Å². The van der Waals surface area contributed by atoms with E-state index in [9.17, 15) is 0 Å². The first-order chi connectivity index (χ1) is 7.72. The Morgan fingerprint density at radius 1 is 1.31 bits per heavy atom. The van der Waals surface area contributed by atoms with Gasteiger partial charge in [-0.3, -0.25) is 0 Å². The standard InChI is InChI=1S/C14H22O2/c1-4-6-12-7-8-13(11(3)10-15)9-14(12)16-5-2/h7-9,11,15H,4-6,10H2,1-3H3. The van der Waals surface area contributed by atoms with Crippen molar-refractivity contribution >= 4 is 0 Å². The lowest BCUT2D eigenvalue weighted by Crippen LogP contribution is -2.02. The number of hydrogen-bond acceptors (Lipinski definition) is 2. The van der Waals surface area contributed by atoms with Crippen LogP contribution in [0.3, 0.4) is 0 Å². The summed E-state index contributed by atoms with van der Waals surface area (Å²) in [7, 11) is 0. The van der Waals surface area contributed by atoms with E-state index in [-0.39, 0.29) is 12.5 Å². The summed E-state index contributed by atoms with van der Waals surface area (Å²) in [6.07, 6.45) is 2.16. The van der Waals surface area contributed by atoms with Gasteiger partial charge in [-0.1, -0.05) is 32.4 Å². The highest BCUT2D eigenvalue weighted by molar-refractivity contribution is 5.39. The quantitative estimate of drug-likeness (QED) is 0.801.